The van der Waals surface area contributed by atoms with E-state index in [9.17, 15) is 19.5 Å². The van der Waals surface area contributed by atoms with Crippen LogP contribution in [-0.2, 0) is 14.4 Å². The number of thiazole rings is 1. The van der Waals surface area contributed by atoms with Crippen molar-refractivity contribution in [3.05, 3.63) is 45.2 Å². The summed E-state index contributed by atoms with van der Waals surface area (Å²) in [4.78, 5) is 42.7. The molecule has 2 amide bonds. The lowest BCUT2D eigenvalue weighted by Crippen LogP contribution is -2.70. The molecule has 4 rings (SSSR count). The van der Waals surface area contributed by atoms with Crippen LogP contribution in [0.25, 0.3) is 11.1 Å². The fraction of sp³-hybridized carbons (Fsp3) is 0.222. The van der Waals surface area contributed by atoms with E-state index in [4.69, 9.17) is 5.73 Å². The van der Waals surface area contributed by atoms with Gasteiger partial charge in [-0.25, -0.2) is 9.78 Å². The zero-order valence-electron chi connectivity index (χ0n) is 15.1. The topological polar surface area (TPSA) is 126 Å². The second-order valence-electron chi connectivity index (χ2n) is 6.28. The van der Waals surface area contributed by atoms with E-state index in [0.29, 0.717) is 27.7 Å². The third kappa shape index (κ3) is 3.34. The van der Waals surface area contributed by atoms with Gasteiger partial charge in [-0.05, 0) is 29.3 Å². The normalized spacial score (nSPS) is 21.6. The van der Waals surface area contributed by atoms with Gasteiger partial charge < -0.3 is 16.2 Å². The number of carbonyl (C=O) groups excluding carboxylic acids is 2. The molecule has 0 spiro atoms. The molecule has 11 heteroatoms. The first kappa shape index (κ1) is 19.7. The van der Waals surface area contributed by atoms with Gasteiger partial charge in [0.1, 0.15) is 17.1 Å². The van der Waals surface area contributed by atoms with Gasteiger partial charge in [0.2, 0.25) is 0 Å². The molecule has 2 atom stereocenters. The summed E-state index contributed by atoms with van der Waals surface area (Å²) in [6.07, 6.45) is 1.61. The number of allylic oxidation sites excluding steroid dienone is 1. The maximum absolute atomic E-state index is 12.8. The van der Waals surface area contributed by atoms with Crippen molar-refractivity contribution in [2.75, 3.05) is 11.5 Å². The van der Waals surface area contributed by atoms with Gasteiger partial charge in [-0.2, -0.15) is 11.3 Å². The molecule has 2 aliphatic heterocycles. The number of aromatic nitrogens is 1. The summed E-state index contributed by atoms with van der Waals surface area (Å²) in [5.41, 5.74) is 7.81. The summed E-state index contributed by atoms with van der Waals surface area (Å²) < 4.78 is 0. The zero-order valence-corrected chi connectivity index (χ0v) is 17.6. The summed E-state index contributed by atoms with van der Waals surface area (Å²) in [7, 11) is 0. The highest BCUT2D eigenvalue weighted by atomic mass is 32.2. The number of nitrogens with zero attached hydrogens (tertiary/aromatic N) is 2. The summed E-state index contributed by atoms with van der Waals surface area (Å²) in [5.74, 6) is -1.59. The molecule has 4 N–H and O–H groups in total. The molecule has 0 saturated carbocycles. The molecule has 8 nitrogen and oxygen atoms in total. The van der Waals surface area contributed by atoms with E-state index in [1.165, 1.54) is 39.3 Å². The number of nitrogen functional groups attached to an aromatic ring is 1. The number of carboxylic acids is 1. The predicted molar refractivity (Wildman–Crippen MR) is 114 cm³/mol. The van der Waals surface area contributed by atoms with Crippen molar-refractivity contribution in [1.29, 1.82) is 0 Å². The number of β-lactam (4-membered cyclic amide) rings is 1. The average molecular weight is 449 g/mol. The first-order valence-corrected chi connectivity index (χ1v) is 11.4. The van der Waals surface area contributed by atoms with Crippen LogP contribution in [0.3, 0.4) is 0 Å². The average Bonchev–Trinajstić information content (AvgIpc) is 3.37. The van der Waals surface area contributed by atoms with Crippen LogP contribution in [0, 0.1) is 0 Å². The second-order valence-corrected chi connectivity index (χ2v) is 9.05. The van der Waals surface area contributed by atoms with Crippen LogP contribution in [0.1, 0.15) is 18.2 Å². The molecule has 150 valence electrons. The Morgan fingerprint density at radius 3 is 2.79 bits per heavy atom. The summed E-state index contributed by atoms with van der Waals surface area (Å²) in [6, 6.07) is 1.04. The number of aliphatic carboxylic acids is 1. The number of nitrogens with two attached hydrogens (primary N) is 1. The summed E-state index contributed by atoms with van der Waals surface area (Å²) in [6.45, 7) is 1.70. The maximum atomic E-state index is 12.8. The smallest absolute Gasteiger partial charge is 0.352 e. The van der Waals surface area contributed by atoms with Crippen LogP contribution in [0.2, 0.25) is 0 Å². The fourth-order valence-electron chi connectivity index (χ4n) is 3.30. The Kier molecular flexibility index (Phi) is 5.19. The number of thiophene rings is 1. The standard InChI is InChI=1S/C18H16N4O4S3/c1-2-9(11-7-29-18(19)20-11)14(23)21-12-15(24)22-13(17(25)26)10(6-28-16(12)22)8-3-4-27-5-8/h2-5,7,12,16H,6H2,1H3,(H2,19,20)(H,21,23)(H,25,26)/t12-,16+/m1/s1. The van der Waals surface area contributed by atoms with Crippen LogP contribution in [0.5, 0.6) is 0 Å². The van der Waals surface area contributed by atoms with E-state index >= 15 is 0 Å². The van der Waals surface area contributed by atoms with Crippen LogP contribution < -0.4 is 11.1 Å². The minimum atomic E-state index is -1.15. The van der Waals surface area contributed by atoms with E-state index in [0.717, 1.165) is 5.56 Å². The largest absolute Gasteiger partial charge is 0.477 e. The van der Waals surface area contributed by atoms with Crippen molar-refractivity contribution in [1.82, 2.24) is 15.2 Å². The monoisotopic (exact) mass is 448 g/mol. The molecule has 2 aromatic heterocycles. The number of nitrogens with one attached hydrogen (secondary N) is 1. The van der Waals surface area contributed by atoms with Gasteiger partial charge in [0.15, 0.2) is 5.13 Å². The molecule has 2 aromatic rings. The Morgan fingerprint density at radius 1 is 1.41 bits per heavy atom. The maximum Gasteiger partial charge on any atom is 0.352 e. The number of fused-ring (bicyclic) bond motifs is 1. The Hall–Kier alpha value is -2.63. The van der Waals surface area contributed by atoms with E-state index < -0.39 is 29.2 Å². The molecule has 1 fully saturated rings. The SMILES string of the molecule is CC=C(C(=O)N[C@@H]1C(=O)N2C(C(=O)O)=C(c3ccsc3)CS[C@@H]12)c1csc(N)n1. The number of rotatable bonds is 5. The Balaban J connectivity index is 1.56. The van der Waals surface area contributed by atoms with Crippen molar-refractivity contribution in [3.63, 3.8) is 0 Å². The fourth-order valence-corrected chi connectivity index (χ4v) is 5.91. The number of carbonyl (C=O) groups is 3. The molecule has 0 unspecified atom stereocenters. The number of amides is 2. The lowest BCUT2D eigenvalue weighted by atomic mass is 10.00. The molecule has 1 saturated heterocycles. The van der Waals surface area contributed by atoms with Crippen molar-refractivity contribution >= 4 is 68.5 Å². The highest BCUT2D eigenvalue weighted by Crippen LogP contribution is 2.43. The first-order chi connectivity index (χ1) is 13.9. The van der Waals surface area contributed by atoms with Crippen LogP contribution >= 0.6 is 34.4 Å². The molecule has 29 heavy (non-hydrogen) atoms. The lowest BCUT2D eigenvalue weighted by molar-refractivity contribution is -0.150. The number of hydrogen-bond acceptors (Lipinski definition) is 8. The lowest BCUT2D eigenvalue weighted by Gasteiger charge is -2.49. The van der Waals surface area contributed by atoms with Crippen molar-refractivity contribution in [2.24, 2.45) is 0 Å². The van der Waals surface area contributed by atoms with Gasteiger partial charge in [-0.1, -0.05) is 6.08 Å². The number of hydrogen-bond donors (Lipinski definition) is 3. The van der Waals surface area contributed by atoms with Crippen LogP contribution in [-0.4, -0.2) is 49.9 Å². The molecule has 0 aliphatic carbocycles. The summed E-state index contributed by atoms with van der Waals surface area (Å²) >= 11 is 4.12. The van der Waals surface area contributed by atoms with E-state index in [1.54, 1.807) is 18.4 Å². The van der Waals surface area contributed by atoms with Crippen molar-refractivity contribution < 1.29 is 19.5 Å². The molecular weight excluding hydrogens is 432 g/mol. The number of carboxylic acid groups (broad SMARTS) is 1. The quantitative estimate of drug-likeness (QED) is 0.472. The molecular formula is C18H16N4O4S3. The van der Waals surface area contributed by atoms with Gasteiger partial charge in [-0.15, -0.1) is 23.1 Å². The predicted octanol–water partition coefficient (Wildman–Crippen LogP) is 2.09. The summed E-state index contributed by atoms with van der Waals surface area (Å²) in [5, 5.41) is 17.7. The van der Waals surface area contributed by atoms with Crippen molar-refractivity contribution in [2.45, 2.75) is 18.3 Å². The van der Waals surface area contributed by atoms with Gasteiger partial charge in [0.25, 0.3) is 11.8 Å². The first-order valence-electron chi connectivity index (χ1n) is 8.54. The third-order valence-electron chi connectivity index (χ3n) is 4.66. The zero-order chi connectivity index (χ0) is 20.7. The number of anilines is 1. The van der Waals surface area contributed by atoms with Gasteiger partial charge in [-0.3, -0.25) is 14.5 Å². The highest BCUT2D eigenvalue weighted by Gasteiger charge is 2.54. The minimum absolute atomic E-state index is 0.0128. The third-order valence-corrected chi connectivity index (χ3v) is 7.30. The number of thioether (sulfide) groups is 1. The second kappa shape index (κ2) is 7.65. The molecule has 0 bridgehead atoms. The molecule has 4 heterocycles. The minimum Gasteiger partial charge on any atom is -0.477 e. The molecule has 0 radical (unpaired) electrons. The van der Waals surface area contributed by atoms with Crippen LogP contribution in [0.15, 0.2) is 34.0 Å². The van der Waals surface area contributed by atoms with E-state index in [2.05, 4.69) is 10.3 Å². The van der Waals surface area contributed by atoms with E-state index in [1.807, 2.05) is 16.8 Å². The Morgan fingerprint density at radius 2 is 2.21 bits per heavy atom. The van der Waals surface area contributed by atoms with Crippen molar-refractivity contribution in [3.8, 4) is 0 Å². The van der Waals surface area contributed by atoms with Gasteiger partial charge in [0.05, 0.1) is 11.3 Å². The van der Waals surface area contributed by atoms with E-state index in [-0.39, 0.29) is 5.70 Å². The van der Waals surface area contributed by atoms with Gasteiger partial charge >= 0.3 is 5.97 Å². The Bertz CT molecular complexity index is 1060. The van der Waals surface area contributed by atoms with Gasteiger partial charge in [0, 0.05) is 16.7 Å². The highest BCUT2D eigenvalue weighted by molar-refractivity contribution is 8.00. The van der Waals surface area contributed by atoms with Crippen LogP contribution in [0.4, 0.5) is 5.13 Å². The molecule has 2 aliphatic rings. The molecule has 0 aromatic carbocycles. The Labute approximate surface area is 178 Å².